The van der Waals surface area contributed by atoms with Crippen LogP contribution in [-0.4, -0.2) is 51.5 Å². The Labute approximate surface area is 206 Å². The van der Waals surface area contributed by atoms with E-state index in [1.807, 2.05) is 60.9 Å². The lowest BCUT2D eigenvalue weighted by Crippen LogP contribution is -2.53. The zero-order chi connectivity index (χ0) is 24.9. The molecule has 4 rings (SSSR count). The zero-order valence-corrected chi connectivity index (χ0v) is 20.4. The first-order chi connectivity index (χ1) is 16.8. The molecule has 1 aliphatic heterocycles. The number of methoxy groups -OCH3 is 1. The average Bonchev–Trinajstić information content (AvgIpc) is 3.18. The molecule has 3 aromatic rings. The number of nitrogens with one attached hydrogen (secondary N) is 3. The molecule has 1 aromatic heterocycles. The second-order valence-corrected chi connectivity index (χ2v) is 9.21. The highest BCUT2D eigenvalue weighted by molar-refractivity contribution is 7.99. The smallest absolute Gasteiger partial charge is 0.321 e. The molecule has 2 aromatic carbocycles. The van der Waals surface area contributed by atoms with Gasteiger partial charge in [0.15, 0.2) is 5.16 Å². The van der Waals surface area contributed by atoms with Gasteiger partial charge in [-0.3, -0.25) is 19.5 Å². The third kappa shape index (κ3) is 6.18. The standard InChI is InChI=1S/C24H26N6O4S/c1-14-8-15(2)10-16(9-14)25-22(32)13-35-24-29-28-20(11-17-12-21(31)27-23(33)26-17)30(24)18-4-6-19(34-3)7-5-18/h4-10,17H,11-13H2,1-3H3,(H,25,32)(H2,26,27,31,33). The summed E-state index contributed by atoms with van der Waals surface area (Å²) in [6.45, 7) is 3.96. The highest BCUT2D eigenvalue weighted by Gasteiger charge is 2.27. The number of nitrogens with zero attached hydrogens (tertiary/aromatic N) is 3. The molecule has 0 spiro atoms. The van der Waals surface area contributed by atoms with E-state index in [-0.39, 0.29) is 24.0 Å². The summed E-state index contributed by atoms with van der Waals surface area (Å²) >= 11 is 1.25. The molecule has 0 radical (unpaired) electrons. The molecular weight excluding hydrogens is 468 g/mol. The normalized spacial score (nSPS) is 15.3. The van der Waals surface area contributed by atoms with Crippen LogP contribution in [-0.2, 0) is 16.0 Å². The molecule has 0 aliphatic carbocycles. The van der Waals surface area contributed by atoms with Gasteiger partial charge in [-0.05, 0) is 61.4 Å². The monoisotopic (exact) mass is 494 g/mol. The van der Waals surface area contributed by atoms with Gasteiger partial charge < -0.3 is 15.4 Å². The fraction of sp³-hybridized carbons (Fsp3) is 0.292. The molecule has 1 aliphatic rings. The maximum absolute atomic E-state index is 12.6. The summed E-state index contributed by atoms with van der Waals surface area (Å²) < 4.78 is 7.08. The molecule has 11 heteroatoms. The summed E-state index contributed by atoms with van der Waals surface area (Å²) in [5, 5.41) is 17.0. The van der Waals surface area contributed by atoms with Gasteiger partial charge in [0.1, 0.15) is 11.6 Å². The van der Waals surface area contributed by atoms with Crippen molar-refractivity contribution in [2.24, 2.45) is 0 Å². The number of rotatable bonds is 8. The van der Waals surface area contributed by atoms with Gasteiger partial charge in [0.25, 0.3) is 0 Å². The molecule has 1 saturated heterocycles. The van der Waals surface area contributed by atoms with Crippen molar-refractivity contribution in [3.05, 3.63) is 59.4 Å². The number of imide groups is 1. The number of hydrogen-bond acceptors (Lipinski definition) is 7. The highest BCUT2D eigenvalue weighted by Crippen LogP contribution is 2.25. The SMILES string of the molecule is COc1ccc(-n2c(CC3CC(=O)NC(=O)N3)nnc2SCC(=O)Nc2cc(C)cc(C)c2)cc1. The number of hydrogen-bond donors (Lipinski definition) is 3. The maximum atomic E-state index is 12.6. The van der Waals surface area contributed by atoms with Crippen LogP contribution in [0.25, 0.3) is 5.69 Å². The minimum atomic E-state index is -0.528. The predicted molar refractivity (Wildman–Crippen MR) is 132 cm³/mol. The van der Waals surface area contributed by atoms with Crippen molar-refractivity contribution in [3.8, 4) is 11.4 Å². The van der Waals surface area contributed by atoms with E-state index in [2.05, 4.69) is 26.1 Å². The van der Waals surface area contributed by atoms with Crippen molar-refractivity contribution in [3.63, 3.8) is 0 Å². The second kappa shape index (κ2) is 10.6. The lowest BCUT2D eigenvalue weighted by molar-refractivity contribution is -0.121. The Hall–Kier alpha value is -3.86. The lowest BCUT2D eigenvalue weighted by Gasteiger charge is -2.23. The molecule has 4 amide bonds. The van der Waals surface area contributed by atoms with Crippen LogP contribution in [0.5, 0.6) is 5.75 Å². The van der Waals surface area contributed by atoms with Crippen LogP contribution in [0, 0.1) is 13.8 Å². The van der Waals surface area contributed by atoms with E-state index < -0.39 is 12.1 Å². The number of aryl methyl sites for hydroxylation is 2. The van der Waals surface area contributed by atoms with E-state index in [4.69, 9.17) is 4.74 Å². The minimum Gasteiger partial charge on any atom is -0.497 e. The second-order valence-electron chi connectivity index (χ2n) is 8.27. The summed E-state index contributed by atoms with van der Waals surface area (Å²) in [6.07, 6.45) is 0.440. The highest BCUT2D eigenvalue weighted by atomic mass is 32.2. The Balaban J connectivity index is 1.54. The van der Waals surface area contributed by atoms with E-state index in [0.29, 0.717) is 23.2 Å². The van der Waals surface area contributed by atoms with Crippen molar-refractivity contribution in [1.82, 2.24) is 25.4 Å². The first kappa shape index (κ1) is 24.3. The Morgan fingerprint density at radius 3 is 2.51 bits per heavy atom. The molecule has 35 heavy (non-hydrogen) atoms. The van der Waals surface area contributed by atoms with Crippen molar-refractivity contribution in [2.45, 2.75) is 37.9 Å². The third-order valence-electron chi connectivity index (χ3n) is 5.32. The number of urea groups is 1. The number of carbonyl (C=O) groups excluding carboxylic acids is 3. The molecule has 0 saturated carbocycles. The summed E-state index contributed by atoms with van der Waals surface area (Å²) in [5.74, 6) is 0.882. The van der Waals surface area contributed by atoms with Crippen molar-refractivity contribution >= 4 is 35.3 Å². The Bertz CT molecular complexity index is 1220. The van der Waals surface area contributed by atoms with Gasteiger partial charge in [0.05, 0.1) is 12.9 Å². The number of thioether (sulfide) groups is 1. The van der Waals surface area contributed by atoms with Crippen molar-refractivity contribution in [2.75, 3.05) is 18.2 Å². The average molecular weight is 495 g/mol. The summed E-state index contributed by atoms with van der Waals surface area (Å²) in [4.78, 5) is 36.2. The number of amides is 4. The Kier molecular flexibility index (Phi) is 7.35. The third-order valence-corrected chi connectivity index (χ3v) is 6.25. The molecule has 2 heterocycles. The summed E-state index contributed by atoms with van der Waals surface area (Å²) in [7, 11) is 1.59. The summed E-state index contributed by atoms with van der Waals surface area (Å²) in [5.41, 5.74) is 3.66. The number of ether oxygens (including phenoxy) is 1. The van der Waals surface area contributed by atoms with Gasteiger partial charge in [0, 0.05) is 30.3 Å². The van der Waals surface area contributed by atoms with E-state index in [0.717, 1.165) is 22.5 Å². The molecule has 3 N–H and O–H groups in total. The Morgan fingerprint density at radius 1 is 1.14 bits per heavy atom. The van der Waals surface area contributed by atoms with Gasteiger partial charge in [-0.1, -0.05) is 17.8 Å². The predicted octanol–water partition coefficient (Wildman–Crippen LogP) is 2.76. The van der Waals surface area contributed by atoms with E-state index in [1.54, 1.807) is 7.11 Å². The molecule has 1 atom stereocenters. The van der Waals surface area contributed by atoms with E-state index in [1.165, 1.54) is 11.8 Å². The molecular formula is C24H26N6O4S. The first-order valence-electron chi connectivity index (χ1n) is 11.0. The topological polar surface area (TPSA) is 127 Å². The quantitative estimate of drug-likeness (QED) is 0.411. The maximum Gasteiger partial charge on any atom is 0.321 e. The van der Waals surface area contributed by atoms with Gasteiger partial charge in [-0.2, -0.15) is 0 Å². The lowest BCUT2D eigenvalue weighted by atomic mass is 10.1. The van der Waals surface area contributed by atoms with Crippen LogP contribution < -0.4 is 20.7 Å². The molecule has 1 unspecified atom stereocenters. The van der Waals surface area contributed by atoms with Gasteiger partial charge in [-0.15, -0.1) is 10.2 Å². The van der Waals surface area contributed by atoms with Crippen LogP contribution >= 0.6 is 11.8 Å². The fourth-order valence-electron chi connectivity index (χ4n) is 3.91. The van der Waals surface area contributed by atoms with E-state index >= 15 is 0 Å². The largest absolute Gasteiger partial charge is 0.497 e. The number of benzene rings is 2. The summed E-state index contributed by atoms with van der Waals surface area (Å²) in [6, 6.07) is 12.3. The Morgan fingerprint density at radius 2 is 1.86 bits per heavy atom. The number of carbonyl (C=O) groups is 3. The van der Waals surface area contributed by atoms with Crippen LogP contribution in [0.1, 0.15) is 23.4 Å². The molecule has 0 bridgehead atoms. The molecule has 182 valence electrons. The minimum absolute atomic E-state index is 0.129. The molecule has 1 fully saturated rings. The van der Waals surface area contributed by atoms with Crippen LogP contribution in [0.2, 0.25) is 0 Å². The van der Waals surface area contributed by atoms with Crippen molar-refractivity contribution < 1.29 is 19.1 Å². The van der Waals surface area contributed by atoms with Gasteiger partial charge >= 0.3 is 6.03 Å². The zero-order valence-electron chi connectivity index (χ0n) is 19.6. The van der Waals surface area contributed by atoms with E-state index in [9.17, 15) is 14.4 Å². The van der Waals surface area contributed by atoms with Gasteiger partial charge in [0.2, 0.25) is 11.8 Å². The van der Waals surface area contributed by atoms with Gasteiger partial charge in [-0.25, -0.2) is 4.79 Å². The number of anilines is 1. The number of aromatic nitrogens is 3. The van der Waals surface area contributed by atoms with Crippen LogP contribution in [0.15, 0.2) is 47.6 Å². The van der Waals surface area contributed by atoms with Crippen LogP contribution in [0.3, 0.4) is 0 Å². The fourth-order valence-corrected chi connectivity index (χ4v) is 4.68. The van der Waals surface area contributed by atoms with Crippen LogP contribution in [0.4, 0.5) is 10.5 Å². The first-order valence-corrected chi connectivity index (χ1v) is 12.0. The molecule has 10 nitrogen and oxygen atoms in total. The van der Waals surface area contributed by atoms with Crippen molar-refractivity contribution in [1.29, 1.82) is 0 Å².